The molecular formula is C21H22F3N5O3. The molecule has 0 aliphatic carbocycles. The molecule has 2 saturated heterocycles. The van der Waals surface area contributed by atoms with E-state index in [-0.39, 0.29) is 36.1 Å². The molecule has 0 aromatic carbocycles. The predicted octanol–water partition coefficient (Wildman–Crippen LogP) is 2.03. The Morgan fingerprint density at radius 3 is 2.81 bits per heavy atom. The lowest BCUT2D eigenvalue weighted by Gasteiger charge is -2.40. The van der Waals surface area contributed by atoms with Crippen LogP contribution in [-0.2, 0) is 11.3 Å². The maximum atomic E-state index is 13.9. The molecule has 0 spiro atoms. The first kappa shape index (κ1) is 20.9. The first-order valence-electron chi connectivity index (χ1n) is 10.4. The average molecular weight is 449 g/mol. The molecule has 3 atom stereocenters. The number of carbonyl (C=O) groups excluding carboxylic acids is 1. The van der Waals surface area contributed by atoms with Crippen LogP contribution in [0.4, 0.5) is 24.9 Å². The van der Waals surface area contributed by atoms with E-state index in [9.17, 15) is 22.8 Å². The topological polar surface area (TPSA) is 80.6 Å². The summed E-state index contributed by atoms with van der Waals surface area (Å²) in [5.74, 6) is -0.345. The van der Waals surface area contributed by atoms with E-state index in [0.717, 1.165) is 11.3 Å². The number of Topliss-reactive ketones (excluding diaryl/α,β-unsaturated/α-hetero) is 1. The molecular weight excluding hydrogens is 427 g/mol. The average Bonchev–Trinajstić information content (AvgIpc) is 3.29. The standard InChI is InChI=1S/C21H22F3N5O3/c1-20-8-14(32-12-20)10-29(20)17-7-18(31)27-6-4-16(21(22,23)24)28(19(27)26-17)11-15(30)13-3-2-5-25-9-13/h2-3,5,7,9,14,16H,4,6,8,10-12H2,1H3/t14-,16-,20?/m0/s1. The molecule has 3 aliphatic heterocycles. The minimum absolute atomic E-state index is 0.00627. The van der Waals surface area contributed by atoms with Gasteiger partial charge in [-0.1, -0.05) is 0 Å². The zero-order chi connectivity index (χ0) is 22.7. The molecule has 0 saturated carbocycles. The first-order chi connectivity index (χ1) is 15.2. The van der Waals surface area contributed by atoms with Crippen molar-refractivity contribution < 1.29 is 22.7 Å². The summed E-state index contributed by atoms with van der Waals surface area (Å²) in [6.45, 7) is 2.29. The van der Waals surface area contributed by atoms with Crippen molar-refractivity contribution in [2.45, 2.75) is 50.2 Å². The number of ketones is 1. The number of hydrogen-bond donors (Lipinski definition) is 0. The molecule has 2 aromatic rings. The molecule has 11 heteroatoms. The number of halogens is 3. The molecule has 0 radical (unpaired) electrons. The van der Waals surface area contributed by atoms with Crippen LogP contribution < -0.4 is 15.4 Å². The second kappa shape index (κ2) is 7.29. The summed E-state index contributed by atoms with van der Waals surface area (Å²) in [5, 5.41) is 0. The largest absolute Gasteiger partial charge is 0.408 e. The summed E-state index contributed by atoms with van der Waals surface area (Å²) >= 11 is 0. The van der Waals surface area contributed by atoms with Crippen LogP contribution >= 0.6 is 0 Å². The van der Waals surface area contributed by atoms with E-state index >= 15 is 0 Å². The molecule has 2 aromatic heterocycles. The number of fused-ring (bicyclic) bond motifs is 3. The maximum absolute atomic E-state index is 13.9. The van der Waals surface area contributed by atoms with Crippen molar-refractivity contribution in [1.29, 1.82) is 0 Å². The van der Waals surface area contributed by atoms with Crippen molar-refractivity contribution in [3.05, 3.63) is 46.5 Å². The van der Waals surface area contributed by atoms with E-state index in [1.807, 2.05) is 11.8 Å². The number of pyridine rings is 1. The Bertz CT molecular complexity index is 1110. The molecule has 8 nitrogen and oxygen atoms in total. The Morgan fingerprint density at radius 1 is 1.38 bits per heavy atom. The molecule has 0 N–H and O–H groups in total. The van der Waals surface area contributed by atoms with Crippen molar-refractivity contribution in [3.63, 3.8) is 0 Å². The lowest BCUT2D eigenvalue weighted by Crippen LogP contribution is -2.54. The van der Waals surface area contributed by atoms with Gasteiger partial charge in [-0.15, -0.1) is 0 Å². The van der Waals surface area contributed by atoms with E-state index < -0.39 is 30.1 Å². The van der Waals surface area contributed by atoms with E-state index in [4.69, 9.17) is 4.74 Å². The lowest BCUT2D eigenvalue weighted by molar-refractivity contribution is -0.152. The second-order valence-electron chi connectivity index (χ2n) is 8.79. The summed E-state index contributed by atoms with van der Waals surface area (Å²) < 4.78 is 48.6. The number of hydrogen-bond acceptors (Lipinski definition) is 7. The van der Waals surface area contributed by atoms with Crippen LogP contribution in [0.15, 0.2) is 35.4 Å². The van der Waals surface area contributed by atoms with Gasteiger partial charge in [0.25, 0.3) is 5.56 Å². The molecule has 2 fully saturated rings. The monoisotopic (exact) mass is 449 g/mol. The molecule has 32 heavy (non-hydrogen) atoms. The van der Waals surface area contributed by atoms with Crippen LogP contribution in [0.3, 0.4) is 0 Å². The van der Waals surface area contributed by atoms with Gasteiger partial charge in [-0.25, -0.2) is 0 Å². The lowest BCUT2D eigenvalue weighted by atomic mass is 10.0. The summed E-state index contributed by atoms with van der Waals surface area (Å²) in [6, 6.07) is 2.50. The van der Waals surface area contributed by atoms with E-state index in [1.165, 1.54) is 29.1 Å². The summed E-state index contributed by atoms with van der Waals surface area (Å²) in [5.41, 5.74) is -0.598. The van der Waals surface area contributed by atoms with Gasteiger partial charge in [0.05, 0.1) is 24.8 Å². The van der Waals surface area contributed by atoms with Crippen molar-refractivity contribution in [1.82, 2.24) is 14.5 Å². The van der Waals surface area contributed by atoms with Gasteiger partial charge in [0.1, 0.15) is 11.9 Å². The summed E-state index contributed by atoms with van der Waals surface area (Å²) in [4.78, 5) is 36.9. The van der Waals surface area contributed by atoms with Crippen LogP contribution in [0, 0.1) is 0 Å². The highest BCUT2D eigenvalue weighted by molar-refractivity contribution is 5.98. The first-order valence-corrected chi connectivity index (χ1v) is 10.4. The zero-order valence-electron chi connectivity index (χ0n) is 17.4. The van der Waals surface area contributed by atoms with Crippen molar-refractivity contribution in [2.24, 2.45) is 0 Å². The van der Waals surface area contributed by atoms with Crippen molar-refractivity contribution in [3.8, 4) is 0 Å². The highest BCUT2D eigenvalue weighted by Gasteiger charge is 2.51. The van der Waals surface area contributed by atoms with E-state index in [1.54, 1.807) is 6.07 Å². The van der Waals surface area contributed by atoms with Crippen LogP contribution in [0.2, 0.25) is 0 Å². The third kappa shape index (κ3) is 3.44. The number of aromatic nitrogens is 3. The minimum Gasteiger partial charge on any atom is -0.374 e. The number of anilines is 2. The summed E-state index contributed by atoms with van der Waals surface area (Å²) in [7, 11) is 0. The van der Waals surface area contributed by atoms with Crippen LogP contribution in [0.5, 0.6) is 0 Å². The zero-order valence-corrected chi connectivity index (χ0v) is 17.4. The number of alkyl halides is 3. The third-order valence-electron chi connectivity index (χ3n) is 6.52. The van der Waals surface area contributed by atoms with Gasteiger partial charge in [-0.05, 0) is 25.5 Å². The fourth-order valence-corrected chi connectivity index (χ4v) is 4.90. The third-order valence-corrected chi connectivity index (χ3v) is 6.52. The van der Waals surface area contributed by atoms with Gasteiger partial charge in [-0.3, -0.25) is 19.1 Å². The molecule has 170 valence electrons. The smallest absolute Gasteiger partial charge is 0.374 e. The van der Waals surface area contributed by atoms with Gasteiger partial charge in [0, 0.05) is 43.5 Å². The van der Waals surface area contributed by atoms with Gasteiger partial charge in [0.2, 0.25) is 5.95 Å². The molecule has 0 amide bonds. The normalized spacial score (nSPS) is 27.0. The number of morpholine rings is 1. The van der Waals surface area contributed by atoms with Crippen LogP contribution in [-0.4, -0.2) is 63.9 Å². The molecule has 2 bridgehead atoms. The van der Waals surface area contributed by atoms with Crippen molar-refractivity contribution in [2.75, 3.05) is 29.5 Å². The number of rotatable bonds is 4. The Morgan fingerprint density at radius 2 is 2.19 bits per heavy atom. The number of carbonyl (C=O) groups is 1. The van der Waals surface area contributed by atoms with Gasteiger partial charge in [0.15, 0.2) is 5.78 Å². The number of nitrogens with zero attached hydrogens (tertiary/aromatic N) is 5. The quantitative estimate of drug-likeness (QED) is 0.661. The van der Waals surface area contributed by atoms with Crippen molar-refractivity contribution >= 4 is 17.5 Å². The highest BCUT2D eigenvalue weighted by atomic mass is 19.4. The fraction of sp³-hybridized carbons (Fsp3) is 0.524. The molecule has 3 aliphatic rings. The van der Waals surface area contributed by atoms with Gasteiger partial charge >= 0.3 is 6.18 Å². The maximum Gasteiger partial charge on any atom is 0.408 e. The highest BCUT2D eigenvalue weighted by Crippen LogP contribution is 2.41. The number of ether oxygens (including phenoxy) is 1. The minimum atomic E-state index is -4.58. The van der Waals surface area contributed by atoms with Crippen LogP contribution in [0.25, 0.3) is 0 Å². The molecule has 5 rings (SSSR count). The van der Waals surface area contributed by atoms with E-state index in [0.29, 0.717) is 19.0 Å². The summed E-state index contributed by atoms with van der Waals surface area (Å²) in [6.07, 6.45) is -1.36. The Kier molecular flexibility index (Phi) is 4.77. The fourth-order valence-electron chi connectivity index (χ4n) is 4.90. The van der Waals surface area contributed by atoms with Gasteiger partial charge < -0.3 is 14.5 Å². The van der Waals surface area contributed by atoms with Crippen LogP contribution in [0.1, 0.15) is 30.1 Å². The SMILES string of the molecule is CC12CO[C@H](CN1c1cc(=O)n3c(n1)N(CC(=O)c1cccnc1)[C@H](C(F)(F)F)CC3)C2. The molecule has 5 heterocycles. The Labute approximate surface area is 181 Å². The second-order valence-corrected chi connectivity index (χ2v) is 8.79. The van der Waals surface area contributed by atoms with Gasteiger partial charge in [-0.2, -0.15) is 18.2 Å². The van der Waals surface area contributed by atoms with E-state index in [2.05, 4.69) is 9.97 Å². The predicted molar refractivity (Wildman–Crippen MR) is 109 cm³/mol. The Hall–Kier alpha value is -2.95. The molecule has 1 unspecified atom stereocenters. The Balaban J connectivity index is 1.56.